The lowest BCUT2D eigenvalue weighted by molar-refractivity contribution is -0.126. The molecule has 0 bridgehead atoms. The Hall–Kier alpha value is -2.21. The van der Waals surface area contributed by atoms with Crippen LogP contribution in [0.3, 0.4) is 0 Å². The lowest BCUT2D eigenvalue weighted by Crippen LogP contribution is -2.33. The summed E-state index contributed by atoms with van der Waals surface area (Å²) in [6.07, 6.45) is 1.74. The molecule has 0 unspecified atom stereocenters. The molecule has 0 aromatic heterocycles. The molecule has 23 heavy (non-hydrogen) atoms. The molecule has 1 saturated heterocycles. The van der Waals surface area contributed by atoms with Crippen molar-refractivity contribution < 1.29 is 19.1 Å². The van der Waals surface area contributed by atoms with E-state index in [0.29, 0.717) is 28.8 Å². The van der Waals surface area contributed by atoms with E-state index in [1.165, 1.54) is 19.1 Å². The van der Waals surface area contributed by atoms with Crippen molar-refractivity contribution in [2.24, 2.45) is 5.92 Å². The number of carbonyl (C=O) groups excluding carboxylic acids is 2. The summed E-state index contributed by atoms with van der Waals surface area (Å²) >= 11 is 6.14. The number of benzene rings is 1. The van der Waals surface area contributed by atoms with Crippen LogP contribution in [0.2, 0.25) is 5.02 Å². The molecule has 1 aliphatic heterocycles. The van der Waals surface area contributed by atoms with E-state index in [0.717, 1.165) is 0 Å². The topological polar surface area (TPSA) is 67.9 Å². The first-order valence-corrected chi connectivity index (χ1v) is 7.50. The predicted molar refractivity (Wildman–Crippen MR) is 88.2 cm³/mol. The van der Waals surface area contributed by atoms with Gasteiger partial charge in [-0.1, -0.05) is 17.7 Å². The van der Waals surface area contributed by atoms with Crippen molar-refractivity contribution in [2.45, 2.75) is 6.42 Å². The third kappa shape index (κ3) is 3.59. The fourth-order valence-corrected chi connectivity index (χ4v) is 2.72. The van der Waals surface area contributed by atoms with Crippen LogP contribution in [-0.4, -0.2) is 39.1 Å². The Balaban J connectivity index is 2.25. The fourth-order valence-electron chi connectivity index (χ4n) is 2.49. The van der Waals surface area contributed by atoms with Crippen molar-refractivity contribution in [3.63, 3.8) is 0 Å². The SMILES string of the molecule is C=CCNC(=O)[C@@H]1CC(=O)N(c2cc(Cl)c(OC)cc2OC)C1. The Morgan fingerprint density at radius 2 is 2.13 bits per heavy atom. The van der Waals surface area contributed by atoms with Crippen LogP contribution in [0.15, 0.2) is 24.8 Å². The van der Waals surface area contributed by atoms with Gasteiger partial charge in [0, 0.05) is 25.6 Å². The second-order valence-corrected chi connectivity index (χ2v) is 5.51. The van der Waals surface area contributed by atoms with E-state index in [2.05, 4.69) is 11.9 Å². The number of carbonyl (C=O) groups is 2. The highest BCUT2D eigenvalue weighted by molar-refractivity contribution is 6.32. The van der Waals surface area contributed by atoms with Crippen molar-refractivity contribution in [1.29, 1.82) is 0 Å². The summed E-state index contributed by atoms with van der Waals surface area (Å²) in [5, 5.41) is 3.08. The number of rotatable bonds is 6. The van der Waals surface area contributed by atoms with E-state index in [-0.39, 0.29) is 24.8 Å². The average Bonchev–Trinajstić information content (AvgIpc) is 2.94. The molecule has 2 rings (SSSR count). The van der Waals surface area contributed by atoms with Crippen LogP contribution in [0, 0.1) is 5.92 Å². The zero-order chi connectivity index (χ0) is 17.0. The van der Waals surface area contributed by atoms with E-state index in [1.807, 2.05) is 0 Å². The molecule has 1 atom stereocenters. The summed E-state index contributed by atoms with van der Waals surface area (Å²) in [7, 11) is 3.00. The van der Waals surface area contributed by atoms with E-state index < -0.39 is 5.92 Å². The monoisotopic (exact) mass is 338 g/mol. The zero-order valence-corrected chi connectivity index (χ0v) is 13.9. The molecular formula is C16H19ClN2O4. The first-order valence-electron chi connectivity index (χ1n) is 7.12. The van der Waals surface area contributed by atoms with Crippen LogP contribution in [0.25, 0.3) is 0 Å². The van der Waals surface area contributed by atoms with Crippen LogP contribution in [-0.2, 0) is 9.59 Å². The van der Waals surface area contributed by atoms with Gasteiger partial charge in [0.05, 0.1) is 30.8 Å². The van der Waals surface area contributed by atoms with E-state index in [1.54, 1.807) is 18.2 Å². The summed E-state index contributed by atoms with van der Waals surface area (Å²) in [6, 6.07) is 3.23. The summed E-state index contributed by atoms with van der Waals surface area (Å²) in [5.41, 5.74) is 0.530. The summed E-state index contributed by atoms with van der Waals surface area (Å²) < 4.78 is 10.5. The Labute approximate surface area is 140 Å². The number of amides is 2. The van der Waals surface area contributed by atoms with Crippen LogP contribution in [0.1, 0.15) is 6.42 Å². The van der Waals surface area contributed by atoms with Gasteiger partial charge < -0.3 is 19.7 Å². The van der Waals surface area contributed by atoms with Crippen molar-refractivity contribution >= 4 is 29.1 Å². The lowest BCUT2D eigenvalue weighted by atomic mass is 10.1. The van der Waals surface area contributed by atoms with E-state index in [9.17, 15) is 9.59 Å². The molecule has 1 aliphatic rings. The quantitative estimate of drug-likeness (QED) is 0.806. The van der Waals surface area contributed by atoms with Gasteiger partial charge in [0.15, 0.2) is 0 Å². The Morgan fingerprint density at radius 1 is 1.43 bits per heavy atom. The molecule has 6 nitrogen and oxygen atoms in total. The number of halogens is 1. The number of nitrogens with zero attached hydrogens (tertiary/aromatic N) is 1. The molecule has 1 N–H and O–H groups in total. The van der Waals surface area contributed by atoms with Crippen LogP contribution < -0.4 is 19.7 Å². The lowest BCUT2D eigenvalue weighted by Gasteiger charge is -2.20. The number of ether oxygens (including phenoxy) is 2. The minimum Gasteiger partial charge on any atom is -0.495 e. The average molecular weight is 339 g/mol. The van der Waals surface area contributed by atoms with Crippen molar-refractivity contribution in [3.8, 4) is 11.5 Å². The van der Waals surface area contributed by atoms with Gasteiger partial charge in [0.2, 0.25) is 11.8 Å². The van der Waals surface area contributed by atoms with Gasteiger partial charge in [-0.2, -0.15) is 0 Å². The fraction of sp³-hybridized carbons (Fsp3) is 0.375. The van der Waals surface area contributed by atoms with Gasteiger partial charge in [-0.05, 0) is 6.07 Å². The molecule has 2 amide bonds. The standard InChI is InChI=1S/C16H19ClN2O4/c1-4-5-18-16(21)10-6-15(20)19(9-10)12-7-11(17)13(22-2)8-14(12)23-3/h4,7-8,10H,1,5-6,9H2,2-3H3,(H,18,21)/t10-/m1/s1. The van der Waals surface area contributed by atoms with Crippen LogP contribution >= 0.6 is 11.6 Å². The van der Waals surface area contributed by atoms with E-state index in [4.69, 9.17) is 21.1 Å². The molecule has 7 heteroatoms. The molecule has 0 spiro atoms. The Kier molecular flexibility index (Phi) is 5.50. The van der Waals surface area contributed by atoms with Gasteiger partial charge in [0.1, 0.15) is 11.5 Å². The van der Waals surface area contributed by atoms with Crippen molar-refractivity contribution in [3.05, 3.63) is 29.8 Å². The van der Waals surface area contributed by atoms with Crippen LogP contribution in [0.4, 0.5) is 5.69 Å². The molecule has 0 aliphatic carbocycles. The van der Waals surface area contributed by atoms with Gasteiger partial charge >= 0.3 is 0 Å². The largest absolute Gasteiger partial charge is 0.495 e. The number of hydrogen-bond acceptors (Lipinski definition) is 4. The smallest absolute Gasteiger partial charge is 0.227 e. The summed E-state index contributed by atoms with van der Waals surface area (Å²) in [4.78, 5) is 25.8. The number of nitrogens with one attached hydrogen (secondary N) is 1. The zero-order valence-electron chi connectivity index (χ0n) is 13.1. The minimum atomic E-state index is -0.409. The first kappa shape index (κ1) is 17.1. The minimum absolute atomic E-state index is 0.149. The summed E-state index contributed by atoms with van der Waals surface area (Å²) in [5.74, 6) is 0.196. The van der Waals surface area contributed by atoms with Gasteiger partial charge in [-0.15, -0.1) is 6.58 Å². The maximum atomic E-state index is 12.3. The highest BCUT2D eigenvalue weighted by Crippen LogP contribution is 2.40. The van der Waals surface area contributed by atoms with Gasteiger partial charge in [-0.25, -0.2) is 0 Å². The second kappa shape index (κ2) is 7.37. The van der Waals surface area contributed by atoms with Gasteiger partial charge in [-0.3, -0.25) is 9.59 Å². The Bertz CT molecular complexity index is 633. The highest BCUT2D eigenvalue weighted by Gasteiger charge is 2.36. The second-order valence-electron chi connectivity index (χ2n) is 5.10. The molecule has 1 aromatic carbocycles. The number of hydrogen-bond donors (Lipinski definition) is 1. The first-order chi connectivity index (χ1) is 11.0. The molecule has 124 valence electrons. The van der Waals surface area contributed by atoms with E-state index >= 15 is 0 Å². The normalized spacial score (nSPS) is 17.1. The van der Waals surface area contributed by atoms with Crippen LogP contribution in [0.5, 0.6) is 11.5 Å². The molecule has 1 fully saturated rings. The molecule has 0 saturated carbocycles. The number of methoxy groups -OCH3 is 2. The van der Waals surface area contributed by atoms with Gasteiger partial charge in [0.25, 0.3) is 0 Å². The third-order valence-corrected chi connectivity index (χ3v) is 3.96. The predicted octanol–water partition coefficient (Wildman–Crippen LogP) is 2.01. The molecule has 1 aromatic rings. The molecular weight excluding hydrogens is 320 g/mol. The van der Waals surface area contributed by atoms with Crippen molar-refractivity contribution in [1.82, 2.24) is 5.32 Å². The Morgan fingerprint density at radius 3 is 2.74 bits per heavy atom. The summed E-state index contributed by atoms with van der Waals surface area (Å²) in [6.45, 7) is 4.21. The maximum Gasteiger partial charge on any atom is 0.227 e. The van der Waals surface area contributed by atoms with Crippen molar-refractivity contribution in [2.75, 3.05) is 32.2 Å². The maximum absolute atomic E-state index is 12.3. The molecule has 1 heterocycles. The third-order valence-electron chi connectivity index (χ3n) is 3.66. The highest BCUT2D eigenvalue weighted by atomic mass is 35.5. The number of anilines is 1. The molecule has 0 radical (unpaired) electrons.